The molecular weight excluding hydrogens is 316 g/mol. The highest BCUT2D eigenvalue weighted by Gasteiger charge is 2.35. The second kappa shape index (κ2) is 6.07. The predicted octanol–water partition coefficient (Wildman–Crippen LogP) is 1.33. The lowest BCUT2D eigenvalue weighted by atomic mass is 10.1. The molecule has 1 fully saturated rings. The van der Waals surface area contributed by atoms with Gasteiger partial charge in [-0.25, -0.2) is 13.2 Å². The second-order valence-electron chi connectivity index (χ2n) is 6.01. The summed E-state index contributed by atoms with van der Waals surface area (Å²) >= 11 is 0. The molecule has 2 aliphatic heterocycles. The van der Waals surface area contributed by atoms with Gasteiger partial charge in [0.15, 0.2) is 0 Å². The SMILES string of the molecule is Cc1cc(S(=O)(=O)N2CCC(N3CC=CC3)C2)ccc1C(=O)O. The number of nitrogens with zero attached hydrogens (tertiary/aromatic N) is 2. The van der Waals surface area contributed by atoms with E-state index in [1.165, 1.54) is 22.5 Å². The Morgan fingerprint density at radius 1 is 1.26 bits per heavy atom. The summed E-state index contributed by atoms with van der Waals surface area (Å²) < 4.78 is 27.1. The summed E-state index contributed by atoms with van der Waals surface area (Å²) in [6.07, 6.45) is 5.03. The Kier molecular flexibility index (Phi) is 4.27. The zero-order valence-electron chi connectivity index (χ0n) is 13.0. The van der Waals surface area contributed by atoms with E-state index >= 15 is 0 Å². The molecular formula is C16H20N2O4S. The minimum absolute atomic E-state index is 0.131. The van der Waals surface area contributed by atoms with Gasteiger partial charge in [-0.15, -0.1) is 0 Å². The van der Waals surface area contributed by atoms with Gasteiger partial charge in [-0.05, 0) is 37.1 Å². The van der Waals surface area contributed by atoms with Crippen LogP contribution in [0.3, 0.4) is 0 Å². The van der Waals surface area contributed by atoms with E-state index in [1.54, 1.807) is 6.92 Å². The fourth-order valence-electron chi connectivity index (χ4n) is 3.21. The van der Waals surface area contributed by atoms with Crippen LogP contribution in [-0.2, 0) is 10.0 Å². The number of hydrogen-bond acceptors (Lipinski definition) is 4. The van der Waals surface area contributed by atoms with Gasteiger partial charge in [-0.2, -0.15) is 4.31 Å². The summed E-state index contributed by atoms with van der Waals surface area (Å²) in [6, 6.07) is 4.45. The predicted molar refractivity (Wildman–Crippen MR) is 86.0 cm³/mol. The number of rotatable bonds is 4. The summed E-state index contributed by atoms with van der Waals surface area (Å²) in [5.74, 6) is -1.05. The van der Waals surface area contributed by atoms with Crippen molar-refractivity contribution >= 4 is 16.0 Å². The highest BCUT2D eigenvalue weighted by Crippen LogP contribution is 2.25. The van der Waals surface area contributed by atoms with E-state index < -0.39 is 16.0 Å². The Labute approximate surface area is 136 Å². The van der Waals surface area contributed by atoms with Crippen LogP contribution < -0.4 is 0 Å². The average molecular weight is 336 g/mol. The first kappa shape index (κ1) is 16.2. The van der Waals surface area contributed by atoms with Crippen molar-refractivity contribution in [3.05, 3.63) is 41.5 Å². The van der Waals surface area contributed by atoms with Crippen molar-refractivity contribution in [2.45, 2.75) is 24.3 Å². The average Bonchev–Trinajstić information content (AvgIpc) is 3.17. The maximum atomic E-state index is 12.8. The maximum Gasteiger partial charge on any atom is 0.335 e. The molecule has 0 saturated carbocycles. The summed E-state index contributed by atoms with van der Waals surface area (Å²) in [6.45, 7) is 4.37. The molecule has 6 nitrogen and oxygen atoms in total. The Morgan fingerprint density at radius 2 is 1.96 bits per heavy atom. The highest BCUT2D eigenvalue weighted by atomic mass is 32.2. The Morgan fingerprint density at radius 3 is 2.57 bits per heavy atom. The number of aromatic carboxylic acids is 1. The molecule has 1 saturated heterocycles. The van der Waals surface area contributed by atoms with E-state index in [-0.39, 0.29) is 16.5 Å². The van der Waals surface area contributed by atoms with Gasteiger partial charge in [0.1, 0.15) is 0 Å². The first-order valence-electron chi connectivity index (χ1n) is 7.63. The van der Waals surface area contributed by atoms with Gasteiger partial charge >= 0.3 is 5.97 Å². The van der Waals surface area contributed by atoms with Crippen molar-refractivity contribution in [1.29, 1.82) is 0 Å². The summed E-state index contributed by atoms with van der Waals surface area (Å²) in [4.78, 5) is 13.5. The number of carboxylic acids is 1. The maximum absolute atomic E-state index is 12.8. The highest BCUT2D eigenvalue weighted by molar-refractivity contribution is 7.89. The van der Waals surface area contributed by atoms with E-state index in [0.29, 0.717) is 18.7 Å². The van der Waals surface area contributed by atoms with E-state index in [0.717, 1.165) is 19.5 Å². The van der Waals surface area contributed by atoms with Crippen LogP contribution in [0.2, 0.25) is 0 Å². The summed E-state index contributed by atoms with van der Waals surface area (Å²) in [5.41, 5.74) is 0.587. The van der Waals surface area contributed by atoms with Crippen LogP contribution in [0.25, 0.3) is 0 Å². The van der Waals surface area contributed by atoms with Gasteiger partial charge in [-0.3, -0.25) is 4.90 Å². The van der Waals surface area contributed by atoms with Crippen LogP contribution in [0, 0.1) is 6.92 Å². The van der Waals surface area contributed by atoms with E-state index in [1.807, 2.05) is 0 Å². The van der Waals surface area contributed by atoms with Crippen LogP contribution in [0.4, 0.5) is 0 Å². The Bertz CT molecular complexity index is 749. The third kappa shape index (κ3) is 3.04. The van der Waals surface area contributed by atoms with Crippen molar-refractivity contribution in [3.8, 4) is 0 Å². The fraction of sp³-hybridized carbons (Fsp3) is 0.438. The lowest BCUT2D eigenvalue weighted by Gasteiger charge is -2.23. The molecule has 3 rings (SSSR count). The number of hydrogen-bond donors (Lipinski definition) is 1. The standard InChI is InChI=1S/C16H20N2O4S/c1-12-10-14(4-5-15(12)16(19)20)23(21,22)18-9-6-13(11-18)17-7-2-3-8-17/h2-5,10,13H,6-9,11H2,1H3,(H,19,20). The molecule has 2 aliphatic rings. The molecule has 2 heterocycles. The summed E-state index contributed by atoms with van der Waals surface area (Å²) in [5, 5.41) is 9.06. The normalized spacial score (nSPS) is 22.7. The third-order valence-electron chi connectivity index (χ3n) is 4.56. The Hall–Kier alpha value is -1.70. The number of aryl methyl sites for hydroxylation is 1. The van der Waals surface area contributed by atoms with Crippen molar-refractivity contribution in [1.82, 2.24) is 9.21 Å². The minimum atomic E-state index is -3.57. The largest absolute Gasteiger partial charge is 0.478 e. The lowest BCUT2D eigenvalue weighted by molar-refractivity contribution is 0.0696. The second-order valence-corrected chi connectivity index (χ2v) is 7.95. The van der Waals surface area contributed by atoms with E-state index in [9.17, 15) is 13.2 Å². The summed E-state index contributed by atoms with van der Waals surface area (Å²) in [7, 11) is -3.57. The molecule has 0 bridgehead atoms. The van der Waals surface area contributed by atoms with Gasteiger partial charge < -0.3 is 5.11 Å². The van der Waals surface area contributed by atoms with Crippen LogP contribution in [0.5, 0.6) is 0 Å². The van der Waals surface area contributed by atoms with Gasteiger partial charge in [0.2, 0.25) is 10.0 Å². The topological polar surface area (TPSA) is 77.9 Å². The first-order valence-corrected chi connectivity index (χ1v) is 9.07. The molecule has 0 radical (unpaired) electrons. The van der Waals surface area contributed by atoms with Crippen molar-refractivity contribution in [3.63, 3.8) is 0 Å². The van der Waals surface area contributed by atoms with Crippen LogP contribution in [-0.4, -0.2) is 60.9 Å². The third-order valence-corrected chi connectivity index (χ3v) is 6.42. The molecule has 0 aromatic heterocycles. The lowest BCUT2D eigenvalue weighted by Crippen LogP contribution is -2.37. The van der Waals surface area contributed by atoms with Crippen molar-refractivity contribution in [2.24, 2.45) is 0 Å². The molecule has 0 spiro atoms. The molecule has 7 heteroatoms. The number of sulfonamides is 1. The smallest absolute Gasteiger partial charge is 0.335 e. The monoisotopic (exact) mass is 336 g/mol. The molecule has 23 heavy (non-hydrogen) atoms. The quantitative estimate of drug-likeness (QED) is 0.839. The molecule has 0 amide bonds. The fourth-order valence-corrected chi connectivity index (χ4v) is 4.78. The van der Waals surface area contributed by atoms with Gasteiger partial charge in [0.25, 0.3) is 0 Å². The van der Waals surface area contributed by atoms with Crippen molar-refractivity contribution < 1.29 is 18.3 Å². The van der Waals surface area contributed by atoms with Crippen molar-refractivity contribution in [2.75, 3.05) is 26.2 Å². The molecule has 1 aromatic carbocycles. The first-order chi connectivity index (χ1) is 10.9. The van der Waals surface area contributed by atoms with Gasteiger partial charge in [0.05, 0.1) is 10.5 Å². The van der Waals surface area contributed by atoms with Gasteiger partial charge in [0, 0.05) is 32.2 Å². The van der Waals surface area contributed by atoms with E-state index in [2.05, 4.69) is 17.1 Å². The molecule has 0 aliphatic carbocycles. The zero-order chi connectivity index (χ0) is 16.6. The number of carboxylic acid groups (broad SMARTS) is 1. The van der Waals surface area contributed by atoms with Gasteiger partial charge in [-0.1, -0.05) is 12.2 Å². The number of carbonyl (C=O) groups is 1. The zero-order valence-corrected chi connectivity index (χ0v) is 13.8. The number of benzene rings is 1. The van der Waals surface area contributed by atoms with Crippen LogP contribution in [0.15, 0.2) is 35.2 Å². The molecule has 124 valence electrons. The minimum Gasteiger partial charge on any atom is -0.478 e. The Balaban J connectivity index is 1.79. The van der Waals surface area contributed by atoms with E-state index in [4.69, 9.17) is 5.11 Å². The molecule has 1 unspecified atom stereocenters. The van der Waals surface area contributed by atoms with Crippen LogP contribution in [0.1, 0.15) is 22.3 Å². The molecule has 1 N–H and O–H groups in total. The van der Waals surface area contributed by atoms with Crippen LogP contribution >= 0.6 is 0 Å². The molecule has 1 atom stereocenters. The molecule has 1 aromatic rings.